The fraction of sp³-hybridized carbons (Fsp3) is 0.720. The third-order valence-corrected chi connectivity index (χ3v) is 5.05. The van der Waals surface area contributed by atoms with E-state index >= 15 is 0 Å². The Morgan fingerprint density at radius 2 is 1.39 bits per heavy atom. The standard InChI is InChI=1S/C25H42FNO6/c1-21(27)23-20-22(11-12-24(23)26)33-15-9-4-3-7-13-30-16-18-32-19-17-31-14-8-5-6-10-25(28)29-2/h11-12,20-21H,3-10,13-19,27H2,1-2H3. The summed E-state index contributed by atoms with van der Waals surface area (Å²) in [4.78, 5) is 11.0. The maximum atomic E-state index is 13.6. The Hall–Kier alpha value is -1.74. The van der Waals surface area contributed by atoms with Gasteiger partial charge in [-0.2, -0.15) is 0 Å². The molecule has 0 saturated heterocycles. The normalized spacial score (nSPS) is 12.0. The van der Waals surface area contributed by atoms with Gasteiger partial charge in [0, 0.05) is 31.2 Å². The zero-order valence-electron chi connectivity index (χ0n) is 20.3. The van der Waals surface area contributed by atoms with Crippen molar-refractivity contribution in [3.05, 3.63) is 29.6 Å². The Labute approximate surface area is 198 Å². The predicted octanol–water partition coefficient (Wildman–Crippen LogP) is 4.57. The third-order valence-electron chi connectivity index (χ3n) is 5.05. The molecule has 0 aliphatic carbocycles. The molecule has 1 rings (SSSR count). The first-order chi connectivity index (χ1) is 16.0. The minimum atomic E-state index is -0.353. The molecular weight excluding hydrogens is 429 g/mol. The van der Waals surface area contributed by atoms with Crippen LogP contribution in [0.25, 0.3) is 0 Å². The van der Waals surface area contributed by atoms with Crippen LogP contribution < -0.4 is 10.5 Å². The van der Waals surface area contributed by atoms with Crippen LogP contribution in [0.15, 0.2) is 18.2 Å². The van der Waals surface area contributed by atoms with E-state index in [0.29, 0.717) is 57.4 Å². The van der Waals surface area contributed by atoms with Crippen LogP contribution in [0, 0.1) is 5.82 Å². The van der Waals surface area contributed by atoms with Crippen LogP contribution in [0.5, 0.6) is 5.75 Å². The van der Waals surface area contributed by atoms with Crippen LogP contribution in [0.3, 0.4) is 0 Å². The quantitative estimate of drug-likeness (QED) is 0.208. The number of halogens is 1. The van der Waals surface area contributed by atoms with Gasteiger partial charge in [-0.3, -0.25) is 4.79 Å². The molecule has 0 heterocycles. The van der Waals surface area contributed by atoms with Gasteiger partial charge in [0.15, 0.2) is 0 Å². The lowest BCUT2D eigenvalue weighted by molar-refractivity contribution is -0.140. The van der Waals surface area contributed by atoms with Crippen molar-refractivity contribution < 1.29 is 32.9 Å². The molecule has 0 fully saturated rings. The van der Waals surface area contributed by atoms with Gasteiger partial charge in [0.05, 0.1) is 40.1 Å². The van der Waals surface area contributed by atoms with Crippen molar-refractivity contribution >= 4 is 5.97 Å². The Morgan fingerprint density at radius 1 is 0.848 bits per heavy atom. The zero-order valence-corrected chi connectivity index (χ0v) is 20.3. The fourth-order valence-corrected chi connectivity index (χ4v) is 3.10. The molecule has 8 heteroatoms. The van der Waals surface area contributed by atoms with Crippen LogP contribution in [0.2, 0.25) is 0 Å². The van der Waals surface area contributed by atoms with E-state index in [-0.39, 0.29) is 17.8 Å². The van der Waals surface area contributed by atoms with Crippen molar-refractivity contribution in [3.8, 4) is 5.75 Å². The molecule has 33 heavy (non-hydrogen) atoms. The second kappa shape index (κ2) is 19.7. The van der Waals surface area contributed by atoms with Gasteiger partial charge in [-0.1, -0.05) is 12.8 Å². The second-order valence-electron chi connectivity index (χ2n) is 7.96. The SMILES string of the molecule is COC(=O)CCCCCOCCOCCOCCCCCCOc1ccc(F)c(C(C)N)c1. The summed E-state index contributed by atoms with van der Waals surface area (Å²) in [6.07, 6.45) is 7.29. The summed E-state index contributed by atoms with van der Waals surface area (Å²) in [7, 11) is 1.41. The molecule has 1 aromatic rings. The van der Waals surface area contributed by atoms with E-state index in [2.05, 4.69) is 4.74 Å². The highest BCUT2D eigenvalue weighted by Crippen LogP contribution is 2.21. The largest absolute Gasteiger partial charge is 0.494 e. The van der Waals surface area contributed by atoms with Crippen molar-refractivity contribution in [1.29, 1.82) is 0 Å². The summed E-state index contributed by atoms with van der Waals surface area (Å²) >= 11 is 0. The first-order valence-electron chi connectivity index (χ1n) is 12.0. The molecule has 0 radical (unpaired) electrons. The van der Waals surface area contributed by atoms with Gasteiger partial charge in [0.2, 0.25) is 0 Å². The van der Waals surface area contributed by atoms with Gasteiger partial charge < -0.3 is 29.4 Å². The van der Waals surface area contributed by atoms with Gasteiger partial charge in [-0.15, -0.1) is 0 Å². The molecule has 1 unspecified atom stereocenters. The van der Waals surface area contributed by atoms with Crippen LogP contribution >= 0.6 is 0 Å². The van der Waals surface area contributed by atoms with Crippen molar-refractivity contribution in [1.82, 2.24) is 0 Å². The van der Waals surface area contributed by atoms with Gasteiger partial charge in [-0.05, 0) is 57.2 Å². The van der Waals surface area contributed by atoms with Gasteiger partial charge in [-0.25, -0.2) is 4.39 Å². The lowest BCUT2D eigenvalue weighted by Gasteiger charge is -2.11. The molecule has 0 aliphatic rings. The number of benzene rings is 1. The maximum absolute atomic E-state index is 13.6. The topological polar surface area (TPSA) is 89.2 Å². The molecule has 1 atom stereocenters. The van der Waals surface area contributed by atoms with Crippen LogP contribution in [-0.2, 0) is 23.7 Å². The second-order valence-corrected chi connectivity index (χ2v) is 7.96. The van der Waals surface area contributed by atoms with Gasteiger partial charge in [0.1, 0.15) is 11.6 Å². The number of nitrogens with two attached hydrogens (primary N) is 1. The molecule has 0 aliphatic heterocycles. The Kier molecular flexibility index (Phi) is 17.5. The smallest absolute Gasteiger partial charge is 0.305 e. The highest BCUT2D eigenvalue weighted by molar-refractivity contribution is 5.68. The average molecular weight is 472 g/mol. The first kappa shape index (κ1) is 29.3. The van der Waals surface area contributed by atoms with Crippen molar-refractivity contribution in [2.75, 3.05) is 53.4 Å². The molecule has 190 valence electrons. The summed E-state index contributed by atoms with van der Waals surface area (Å²) < 4.78 is 40.5. The number of carbonyl (C=O) groups excluding carboxylic acids is 1. The highest BCUT2D eigenvalue weighted by atomic mass is 19.1. The molecule has 7 nitrogen and oxygen atoms in total. The molecule has 0 spiro atoms. The van der Waals surface area contributed by atoms with Gasteiger partial charge in [0.25, 0.3) is 0 Å². The zero-order chi connectivity index (χ0) is 24.2. The minimum Gasteiger partial charge on any atom is -0.494 e. The number of ether oxygens (including phenoxy) is 5. The number of unbranched alkanes of at least 4 members (excludes halogenated alkanes) is 5. The Balaban J connectivity index is 1.80. The van der Waals surface area contributed by atoms with E-state index in [0.717, 1.165) is 51.6 Å². The molecule has 2 N–H and O–H groups in total. The molecule has 1 aromatic carbocycles. The van der Waals surface area contributed by atoms with E-state index in [1.807, 2.05) is 0 Å². The minimum absolute atomic E-state index is 0.156. The van der Waals surface area contributed by atoms with E-state index in [4.69, 9.17) is 24.7 Å². The van der Waals surface area contributed by atoms with E-state index in [9.17, 15) is 9.18 Å². The first-order valence-corrected chi connectivity index (χ1v) is 12.0. The number of rotatable bonds is 21. The van der Waals surface area contributed by atoms with Crippen LogP contribution in [0.1, 0.15) is 69.9 Å². The average Bonchev–Trinajstić information content (AvgIpc) is 2.81. The van der Waals surface area contributed by atoms with Crippen LogP contribution in [0.4, 0.5) is 4.39 Å². The number of carbonyl (C=O) groups is 1. The van der Waals surface area contributed by atoms with Crippen molar-refractivity contribution in [3.63, 3.8) is 0 Å². The fourth-order valence-electron chi connectivity index (χ4n) is 3.10. The van der Waals surface area contributed by atoms with Gasteiger partial charge >= 0.3 is 5.97 Å². The number of methoxy groups -OCH3 is 1. The number of hydrogen-bond acceptors (Lipinski definition) is 7. The molecule has 0 bridgehead atoms. The Morgan fingerprint density at radius 3 is 1.97 bits per heavy atom. The monoisotopic (exact) mass is 471 g/mol. The lowest BCUT2D eigenvalue weighted by atomic mass is 10.1. The lowest BCUT2D eigenvalue weighted by Crippen LogP contribution is -2.10. The predicted molar refractivity (Wildman–Crippen MR) is 126 cm³/mol. The summed E-state index contributed by atoms with van der Waals surface area (Å²) in [5.74, 6) is 0.209. The van der Waals surface area contributed by atoms with E-state index < -0.39 is 0 Å². The molecular formula is C25H42FNO6. The molecule has 0 amide bonds. The number of hydrogen-bond donors (Lipinski definition) is 1. The summed E-state index contributed by atoms with van der Waals surface area (Å²) in [6.45, 7) is 6.06. The Bertz CT molecular complexity index is 629. The van der Waals surface area contributed by atoms with Crippen molar-refractivity contribution in [2.24, 2.45) is 5.73 Å². The highest BCUT2D eigenvalue weighted by Gasteiger charge is 2.08. The third kappa shape index (κ3) is 15.7. The molecule has 0 saturated carbocycles. The van der Waals surface area contributed by atoms with E-state index in [1.54, 1.807) is 19.1 Å². The van der Waals surface area contributed by atoms with E-state index in [1.165, 1.54) is 13.2 Å². The van der Waals surface area contributed by atoms with Crippen LogP contribution in [-0.4, -0.2) is 59.3 Å². The maximum Gasteiger partial charge on any atom is 0.305 e. The summed E-state index contributed by atoms with van der Waals surface area (Å²) in [5.41, 5.74) is 6.24. The summed E-state index contributed by atoms with van der Waals surface area (Å²) in [6, 6.07) is 4.37. The van der Waals surface area contributed by atoms with Crippen molar-refractivity contribution in [2.45, 2.75) is 64.3 Å². The number of esters is 1. The molecule has 0 aromatic heterocycles. The summed E-state index contributed by atoms with van der Waals surface area (Å²) in [5, 5.41) is 0.